The van der Waals surface area contributed by atoms with Crippen LogP contribution in [-0.4, -0.2) is 17.1 Å². The van der Waals surface area contributed by atoms with Crippen molar-refractivity contribution in [1.29, 1.82) is 0 Å². The van der Waals surface area contributed by atoms with E-state index in [-0.39, 0.29) is 0 Å². The van der Waals surface area contributed by atoms with Crippen LogP contribution in [0.4, 0.5) is 0 Å². The molecule has 3 rings (SSSR count). The molecule has 1 aromatic carbocycles. The molecule has 3 nitrogen and oxygen atoms in total. The van der Waals surface area contributed by atoms with Crippen LogP contribution in [0, 0.1) is 0 Å². The van der Waals surface area contributed by atoms with Crippen LogP contribution >= 0.6 is 0 Å². The summed E-state index contributed by atoms with van der Waals surface area (Å²) in [6, 6.07) is 14.1. The molecule has 0 amide bonds. The fourth-order valence-corrected chi connectivity index (χ4v) is 2.13. The molecule has 2 aromatic heterocycles. The zero-order valence-electron chi connectivity index (χ0n) is 11.2. The van der Waals surface area contributed by atoms with Crippen LogP contribution in [0.3, 0.4) is 0 Å². The summed E-state index contributed by atoms with van der Waals surface area (Å²) in [6.07, 6.45) is 7.20. The van der Waals surface area contributed by atoms with E-state index in [2.05, 4.69) is 16.0 Å². The molecule has 3 heteroatoms. The van der Waals surface area contributed by atoms with Crippen molar-refractivity contribution >= 4 is 0 Å². The van der Waals surface area contributed by atoms with Gasteiger partial charge in [-0.1, -0.05) is 6.07 Å². The fraction of sp³-hybridized carbons (Fsp3) is 0.0588. The molecule has 0 N–H and O–H groups in total. The van der Waals surface area contributed by atoms with E-state index < -0.39 is 0 Å². The van der Waals surface area contributed by atoms with E-state index >= 15 is 0 Å². The quantitative estimate of drug-likeness (QED) is 0.719. The maximum Gasteiger partial charge on any atom is 0.120 e. The van der Waals surface area contributed by atoms with Gasteiger partial charge in [-0.05, 0) is 53.1 Å². The van der Waals surface area contributed by atoms with Crippen molar-refractivity contribution in [3.63, 3.8) is 0 Å². The Balaban J connectivity index is 2.13. The molecule has 0 aliphatic carbocycles. The number of hydrogen-bond acceptors (Lipinski definition) is 3. The Morgan fingerprint density at radius 1 is 0.750 bits per heavy atom. The SMILES string of the molecule is COc1cc(-c2ccncc2)cc(-c2cccnc2)c1. The van der Waals surface area contributed by atoms with Gasteiger partial charge in [-0.15, -0.1) is 0 Å². The third-order valence-corrected chi connectivity index (χ3v) is 3.15. The van der Waals surface area contributed by atoms with Gasteiger partial charge in [-0.25, -0.2) is 0 Å². The third kappa shape index (κ3) is 2.52. The van der Waals surface area contributed by atoms with Crippen LogP contribution in [0.25, 0.3) is 22.3 Å². The molecule has 2 heterocycles. The largest absolute Gasteiger partial charge is 0.497 e. The van der Waals surface area contributed by atoms with E-state index in [0.29, 0.717) is 0 Å². The van der Waals surface area contributed by atoms with Crippen LogP contribution in [0.1, 0.15) is 0 Å². The van der Waals surface area contributed by atoms with E-state index in [0.717, 1.165) is 28.0 Å². The first-order valence-corrected chi connectivity index (χ1v) is 6.37. The second-order valence-corrected chi connectivity index (χ2v) is 4.43. The van der Waals surface area contributed by atoms with Gasteiger partial charge in [-0.2, -0.15) is 0 Å². The predicted octanol–water partition coefficient (Wildman–Crippen LogP) is 3.82. The van der Waals surface area contributed by atoms with Gasteiger partial charge in [0.15, 0.2) is 0 Å². The number of nitrogens with zero attached hydrogens (tertiary/aromatic N) is 2. The Morgan fingerprint density at radius 2 is 1.50 bits per heavy atom. The average Bonchev–Trinajstić information content (AvgIpc) is 2.56. The predicted molar refractivity (Wildman–Crippen MR) is 79.5 cm³/mol. The smallest absolute Gasteiger partial charge is 0.120 e. The summed E-state index contributed by atoms with van der Waals surface area (Å²) in [7, 11) is 1.68. The Kier molecular flexibility index (Phi) is 3.42. The zero-order valence-corrected chi connectivity index (χ0v) is 11.2. The minimum atomic E-state index is 0.832. The highest BCUT2D eigenvalue weighted by Gasteiger charge is 2.05. The van der Waals surface area contributed by atoms with E-state index in [9.17, 15) is 0 Å². The molecule has 98 valence electrons. The first-order chi connectivity index (χ1) is 9.86. The number of benzene rings is 1. The molecule has 0 aliphatic rings. The van der Waals surface area contributed by atoms with E-state index in [1.165, 1.54) is 0 Å². The molecule has 0 bridgehead atoms. The molecule has 20 heavy (non-hydrogen) atoms. The highest BCUT2D eigenvalue weighted by Crippen LogP contribution is 2.30. The van der Waals surface area contributed by atoms with Gasteiger partial charge in [0.1, 0.15) is 5.75 Å². The molecule has 0 saturated heterocycles. The van der Waals surface area contributed by atoms with E-state index in [1.54, 1.807) is 25.7 Å². The number of pyridine rings is 2. The van der Waals surface area contributed by atoms with Gasteiger partial charge in [0.25, 0.3) is 0 Å². The van der Waals surface area contributed by atoms with Crippen molar-refractivity contribution in [3.8, 4) is 28.0 Å². The van der Waals surface area contributed by atoms with Crippen LogP contribution in [0.2, 0.25) is 0 Å². The molecular weight excluding hydrogens is 248 g/mol. The van der Waals surface area contributed by atoms with E-state index in [1.807, 2.05) is 42.6 Å². The lowest BCUT2D eigenvalue weighted by atomic mass is 10.00. The van der Waals surface area contributed by atoms with Gasteiger partial charge >= 0.3 is 0 Å². The maximum atomic E-state index is 5.40. The lowest BCUT2D eigenvalue weighted by Gasteiger charge is -2.09. The van der Waals surface area contributed by atoms with Crippen molar-refractivity contribution < 1.29 is 4.74 Å². The summed E-state index contributed by atoms with van der Waals surface area (Å²) in [5.74, 6) is 0.832. The number of ether oxygens (including phenoxy) is 1. The number of rotatable bonds is 3. The second-order valence-electron chi connectivity index (χ2n) is 4.43. The highest BCUT2D eigenvalue weighted by atomic mass is 16.5. The van der Waals surface area contributed by atoms with Crippen molar-refractivity contribution in [2.75, 3.05) is 7.11 Å². The second kappa shape index (κ2) is 5.53. The van der Waals surface area contributed by atoms with Gasteiger partial charge in [0.2, 0.25) is 0 Å². The van der Waals surface area contributed by atoms with Crippen LogP contribution in [0.15, 0.2) is 67.3 Å². The molecule has 0 unspecified atom stereocenters. The minimum Gasteiger partial charge on any atom is -0.497 e. The number of hydrogen-bond donors (Lipinski definition) is 0. The summed E-state index contributed by atoms with van der Waals surface area (Å²) >= 11 is 0. The van der Waals surface area contributed by atoms with Gasteiger partial charge in [0, 0.05) is 30.4 Å². The van der Waals surface area contributed by atoms with Crippen LogP contribution < -0.4 is 4.74 Å². The van der Waals surface area contributed by atoms with Crippen molar-refractivity contribution in [1.82, 2.24) is 9.97 Å². The van der Waals surface area contributed by atoms with E-state index in [4.69, 9.17) is 4.74 Å². The minimum absolute atomic E-state index is 0.832. The molecule has 0 radical (unpaired) electrons. The monoisotopic (exact) mass is 262 g/mol. The molecule has 0 spiro atoms. The topological polar surface area (TPSA) is 35.0 Å². The molecular formula is C17H14N2O. The molecule has 0 saturated carbocycles. The fourth-order valence-electron chi connectivity index (χ4n) is 2.13. The summed E-state index contributed by atoms with van der Waals surface area (Å²) in [4.78, 5) is 8.22. The Morgan fingerprint density at radius 3 is 2.15 bits per heavy atom. The lowest BCUT2D eigenvalue weighted by Crippen LogP contribution is -1.88. The molecule has 0 fully saturated rings. The summed E-state index contributed by atoms with van der Waals surface area (Å²) < 4.78 is 5.40. The molecule has 0 atom stereocenters. The number of methoxy groups -OCH3 is 1. The Labute approximate surface area is 117 Å². The maximum absolute atomic E-state index is 5.40. The first-order valence-electron chi connectivity index (χ1n) is 6.37. The zero-order chi connectivity index (χ0) is 13.8. The standard InChI is InChI=1S/C17H14N2O/c1-20-17-10-15(13-4-7-18-8-5-13)9-16(11-17)14-3-2-6-19-12-14/h2-12H,1H3. The van der Waals surface area contributed by atoms with Gasteiger partial charge in [-0.3, -0.25) is 9.97 Å². The summed E-state index contributed by atoms with van der Waals surface area (Å²) in [6.45, 7) is 0. The molecule has 3 aromatic rings. The normalized spacial score (nSPS) is 10.2. The molecule has 0 aliphatic heterocycles. The van der Waals surface area contributed by atoms with Crippen molar-refractivity contribution in [2.24, 2.45) is 0 Å². The van der Waals surface area contributed by atoms with Crippen molar-refractivity contribution in [2.45, 2.75) is 0 Å². The van der Waals surface area contributed by atoms with Crippen LogP contribution in [-0.2, 0) is 0 Å². The average molecular weight is 262 g/mol. The van der Waals surface area contributed by atoms with Gasteiger partial charge in [0.05, 0.1) is 7.11 Å². The van der Waals surface area contributed by atoms with Crippen molar-refractivity contribution in [3.05, 3.63) is 67.3 Å². The Bertz CT molecular complexity index is 639. The third-order valence-electron chi connectivity index (χ3n) is 3.15. The van der Waals surface area contributed by atoms with Crippen LogP contribution in [0.5, 0.6) is 5.75 Å². The summed E-state index contributed by atoms with van der Waals surface area (Å²) in [5, 5.41) is 0. The Hall–Kier alpha value is -2.68. The first kappa shape index (κ1) is 12.4. The number of aromatic nitrogens is 2. The lowest BCUT2D eigenvalue weighted by molar-refractivity contribution is 0.415. The summed E-state index contributed by atoms with van der Waals surface area (Å²) in [5.41, 5.74) is 4.38. The highest BCUT2D eigenvalue weighted by molar-refractivity contribution is 5.74. The van der Waals surface area contributed by atoms with Gasteiger partial charge < -0.3 is 4.74 Å².